The summed E-state index contributed by atoms with van der Waals surface area (Å²) in [5.74, 6) is -1.01. The van der Waals surface area contributed by atoms with Gasteiger partial charge in [-0.2, -0.15) is 0 Å². The molecule has 150 valence electrons. The van der Waals surface area contributed by atoms with Crippen LogP contribution in [0, 0.1) is 0 Å². The molecule has 2 amide bonds. The van der Waals surface area contributed by atoms with Crippen molar-refractivity contribution in [2.75, 3.05) is 24.6 Å². The van der Waals surface area contributed by atoms with Crippen molar-refractivity contribution >= 4 is 31.5 Å². The largest absolute Gasteiger partial charge is 0.341 e. The fraction of sp³-hybridized carbons (Fsp3) is 0.529. The van der Waals surface area contributed by atoms with Crippen LogP contribution in [0.3, 0.4) is 0 Å². The Labute approximate surface area is 159 Å². The van der Waals surface area contributed by atoms with E-state index in [2.05, 4.69) is 5.32 Å². The van der Waals surface area contributed by atoms with Crippen molar-refractivity contribution < 1.29 is 26.4 Å². The molecular weight excluding hydrogens is 392 g/mol. The maximum Gasteiger partial charge on any atom is 0.251 e. The van der Waals surface area contributed by atoms with E-state index in [1.165, 1.54) is 36.1 Å². The van der Waals surface area contributed by atoms with Crippen molar-refractivity contribution in [1.29, 1.82) is 0 Å². The van der Waals surface area contributed by atoms with Gasteiger partial charge in [0, 0.05) is 18.7 Å². The van der Waals surface area contributed by atoms with E-state index in [0.717, 1.165) is 0 Å². The van der Waals surface area contributed by atoms with Gasteiger partial charge in [-0.05, 0) is 45.0 Å². The van der Waals surface area contributed by atoms with E-state index in [4.69, 9.17) is 0 Å². The maximum absolute atomic E-state index is 12.4. The lowest BCUT2D eigenvalue weighted by atomic mass is 10.2. The van der Waals surface area contributed by atoms with E-state index in [0.29, 0.717) is 0 Å². The summed E-state index contributed by atoms with van der Waals surface area (Å²) in [4.78, 5) is 26.2. The summed E-state index contributed by atoms with van der Waals surface area (Å²) in [5, 5.41) is 2.00. The molecule has 10 heteroatoms. The molecule has 1 aromatic carbocycles. The van der Waals surface area contributed by atoms with Gasteiger partial charge in [0.25, 0.3) is 5.91 Å². The quantitative estimate of drug-likeness (QED) is 0.735. The number of carbonyl (C=O) groups excluding carboxylic acids is 2. The van der Waals surface area contributed by atoms with Crippen molar-refractivity contribution in [2.45, 2.75) is 37.0 Å². The summed E-state index contributed by atoms with van der Waals surface area (Å²) >= 11 is 0. The number of hydrogen-bond acceptors (Lipinski definition) is 6. The van der Waals surface area contributed by atoms with Gasteiger partial charge in [0.05, 0.1) is 21.7 Å². The Kier molecular flexibility index (Phi) is 6.31. The molecule has 0 radical (unpaired) electrons. The molecule has 0 aliphatic carbocycles. The minimum atomic E-state index is -3.42. The van der Waals surface area contributed by atoms with Crippen LogP contribution >= 0.6 is 0 Å². The second kappa shape index (κ2) is 7.97. The molecule has 27 heavy (non-hydrogen) atoms. The van der Waals surface area contributed by atoms with Gasteiger partial charge in [-0.25, -0.2) is 16.8 Å². The van der Waals surface area contributed by atoms with E-state index in [-0.39, 0.29) is 41.0 Å². The third-order valence-corrected chi connectivity index (χ3v) is 8.22. The molecule has 8 nitrogen and oxygen atoms in total. The molecule has 1 aromatic rings. The molecule has 1 saturated heterocycles. The Morgan fingerprint density at radius 2 is 1.56 bits per heavy atom. The van der Waals surface area contributed by atoms with Crippen LogP contribution in [0.2, 0.25) is 0 Å². The highest BCUT2D eigenvalue weighted by molar-refractivity contribution is 7.92. The number of sulfone groups is 2. The number of nitrogens with one attached hydrogen (secondary N) is 1. The third-order valence-electron chi connectivity index (χ3n) is 4.44. The summed E-state index contributed by atoms with van der Waals surface area (Å²) in [5.41, 5.74) is 0.235. The lowest BCUT2D eigenvalue weighted by Crippen LogP contribution is -2.51. The Hall–Kier alpha value is -1.94. The van der Waals surface area contributed by atoms with Gasteiger partial charge in [0.1, 0.15) is 6.04 Å². The second-order valence-electron chi connectivity index (χ2n) is 6.79. The fourth-order valence-electron chi connectivity index (χ4n) is 2.62. The van der Waals surface area contributed by atoms with Gasteiger partial charge in [-0.1, -0.05) is 0 Å². The summed E-state index contributed by atoms with van der Waals surface area (Å²) in [6.45, 7) is 4.91. The van der Waals surface area contributed by atoms with E-state index >= 15 is 0 Å². The zero-order valence-corrected chi connectivity index (χ0v) is 17.1. The first-order valence-corrected chi connectivity index (χ1v) is 11.9. The molecule has 0 spiro atoms. The van der Waals surface area contributed by atoms with E-state index in [9.17, 15) is 26.4 Å². The van der Waals surface area contributed by atoms with Crippen LogP contribution in [0.1, 0.15) is 31.1 Å². The van der Waals surface area contributed by atoms with Crippen LogP contribution < -0.4 is 5.32 Å². The predicted molar refractivity (Wildman–Crippen MR) is 101 cm³/mol. The van der Waals surface area contributed by atoms with Crippen LogP contribution in [0.5, 0.6) is 0 Å². The number of amides is 2. The van der Waals surface area contributed by atoms with Crippen LogP contribution in [-0.2, 0) is 24.5 Å². The maximum atomic E-state index is 12.4. The molecule has 1 heterocycles. The smallest absolute Gasteiger partial charge is 0.251 e. The van der Waals surface area contributed by atoms with Crippen molar-refractivity contribution in [3.05, 3.63) is 29.8 Å². The first kappa shape index (κ1) is 21.4. The molecular formula is C17H24N2O6S2. The number of carbonyl (C=O) groups is 2. The standard InChI is InChI=1S/C17H24N2O6S2/c1-12(2)27(24,25)15-6-4-14(5-7-15)16(20)18-13(3)17(21)19-8-10-26(22,23)11-9-19/h4-7,12-13H,8-11H2,1-3H3,(H,18,20). The molecule has 1 unspecified atom stereocenters. The van der Waals surface area contributed by atoms with Crippen molar-refractivity contribution in [1.82, 2.24) is 10.2 Å². The normalized spacial score (nSPS) is 18.1. The number of nitrogens with zero attached hydrogens (tertiary/aromatic N) is 1. The van der Waals surface area contributed by atoms with Gasteiger partial charge in [-0.3, -0.25) is 9.59 Å². The molecule has 0 bridgehead atoms. The number of hydrogen-bond donors (Lipinski definition) is 1. The summed E-state index contributed by atoms with van der Waals surface area (Å²) in [6.07, 6.45) is 0. The van der Waals surface area contributed by atoms with Crippen LogP contribution in [0.4, 0.5) is 0 Å². The Morgan fingerprint density at radius 1 is 1.04 bits per heavy atom. The zero-order valence-electron chi connectivity index (χ0n) is 15.5. The van der Waals surface area contributed by atoms with Gasteiger partial charge in [0.2, 0.25) is 5.91 Å². The van der Waals surface area contributed by atoms with Gasteiger partial charge in [0.15, 0.2) is 19.7 Å². The third kappa shape index (κ3) is 5.07. The Morgan fingerprint density at radius 3 is 2.04 bits per heavy atom. The highest BCUT2D eigenvalue weighted by Crippen LogP contribution is 2.16. The van der Waals surface area contributed by atoms with Crippen molar-refractivity contribution in [2.24, 2.45) is 0 Å². The minimum absolute atomic E-state index is 0.0782. The zero-order chi connectivity index (χ0) is 20.4. The van der Waals surface area contributed by atoms with E-state index in [1.807, 2.05) is 0 Å². The van der Waals surface area contributed by atoms with Gasteiger partial charge in [-0.15, -0.1) is 0 Å². The highest BCUT2D eigenvalue weighted by atomic mass is 32.2. The average Bonchev–Trinajstić information content (AvgIpc) is 2.61. The summed E-state index contributed by atoms with van der Waals surface area (Å²) < 4.78 is 47.1. The molecule has 1 aliphatic rings. The molecule has 0 saturated carbocycles. The van der Waals surface area contributed by atoms with Crippen molar-refractivity contribution in [3.8, 4) is 0 Å². The predicted octanol–water partition coefficient (Wildman–Crippen LogP) is 0.244. The monoisotopic (exact) mass is 416 g/mol. The topological polar surface area (TPSA) is 118 Å². The lowest BCUT2D eigenvalue weighted by Gasteiger charge is -2.29. The van der Waals surface area contributed by atoms with Crippen LogP contribution in [-0.4, -0.2) is 69.4 Å². The summed E-state index contributed by atoms with van der Waals surface area (Å²) in [6, 6.07) is 4.71. The van der Waals surface area contributed by atoms with Gasteiger partial charge >= 0.3 is 0 Å². The number of benzene rings is 1. The van der Waals surface area contributed by atoms with Crippen molar-refractivity contribution in [3.63, 3.8) is 0 Å². The average molecular weight is 417 g/mol. The molecule has 0 aromatic heterocycles. The Bertz CT molecular complexity index is 907. The molecule has 1 fully saturated rings. The van der Waals surface area contributed by atoms with Gasteiger partial charge < -0.3 is 10.2 Å². The molecule has 1 aliphatic heterocycles. The molecule has 1 N–H and O–H groups in total. The Balaban J connectivity index is 2.01. The SMILES string of the molecule is CC(NC(=O)c1ccc(S(=O)(=O)C(C)C)cc1)C(=O)N1CCS(=O)(=O)CC1. The fourth-order valence-corrected chi connectivity index (χ4v) is 4.88. The molecule has 1 atom stereocenters. The lowest BCUT2D eigenvalue weighted by molar-refractivity contribution is -0.132. The van der Waals surface area contributed by atoms with E-state index < -0.39 is 36.9 Å². The highest BCUT2D eigenvalue weighted by Gasteiger charge is 2.28. The second-order valence-corrected chi connectivity index (χ2v) is 11.6. The first-order valence-electron chi connectivity index (χ1n) is 8.58. The first-order chi connectivity index (χ1) is 12.4. The van der Waals surface area contributed by atoms with Crippen LogP contribution in [0.15, 0.2) is 29.2 Å². The van der Waals surface area contributed by atoms with Crippen LogP contribution in [0.25, 0.3) is 0 Å². The molecule has 2 rings (SSSR count). The minimum Gasteiger partial charge on any atom is -0.341 e. The summed E-state index contributed by atoms with van der Waals surface area (Å²) in [7, 11) is -6.52. The van der Waals surface area contributed by atoms with E-state index in [1.54, 1.807) is 13.8 Å². The number of rotatable bonds is 5.